The number of rotatable bonds is 5. The molecular weight excluding hydrogens is 329 g/mol. The van der Waals surface area contributed by atoms with Crippen molar-refractivity contribution in [2.45, 2.75) is 33.8 Å². The third-order valence-electron chi connectivity index (χ3n) is 2.25. The van der Waals surface area contributed by atoms with Crippen LogP contribution in [0.1, 0.15) is 27.7 Å². The molecule has 0 aliphatic heterocycles. The SMILES string of the molecule is C=C(C)CNC(N)=NCC(OC)C(C)(C)C.I. The topological polar surface area (TPSA) is 59.6 Å². The molecular formula is C12H26IN3O. The molecule has 0 rings (SSSR count). The van der Waals surface area contributed by atoms with Crippen LogP contribution in [0.2, 0.25) is 0 Å². The minimum atomic E-state index is 0. The van der Waals surface area contributed by atoms with Crippen LogP contribution in [-0.4, -0.2) is 32.3 Å². The maximum absolute atomic E-state index is 5.71. The Morgan fingerprint density at radius 2 is 2.00 bits per heavy atom. The second kappa shape index (κ2) is 8.74. The van der Waals surface area contributed by atoms with E-state index in [0.717, 1.165) is 5.57 Å². The summed E-state index contributed by atoms with van der Waals surface area (Å²) in [7, 11) is 1.70. The highest BCUT2D eigenvalue weighted by Gasteiger charge is 2.23. The largest absolute Gasteiger partial charge is 0.379 e. The molecule has 0 saturated heterocycles. The molecule has 1 unspecified atom stereocenters. The Labute approximate surface area is 122 Å². The number of halogens is 1. The summed E-state index contributed by atoms with van der Waals surface area (Å²) in [6, 6.07) is 0. The van der Waals surface area contributed by atoms with Crippen LogP contribution >= 0.6 is 24.0 Å². The molecule has 4 nitrogen and oxygen atoms in total. The second-order valence-electron chi connectivity index (χ2n) is 5.13. The lowest BCUT2D eigenvalue weighted by atomic mass is 9.89. The number of methoxy groups -OCH3 is 1. The first-order chi connectivity index (χ1) is 7.27. The maximum Gasteiger partial charge on any atom is 0.188 e. The number of ether oxygens (including phenoxy) is 1. The maximum atomic E-state index is 5.71. The van der Waals surface area contributed by atoms with Gasteiger partial charge in [0.15, 0.2) is 5.96 Å². The lowest BCUT2D eigenvalue weighted by Crippen LogP contribution is -2.36. The molecule has 102 valence electrons. The highest BCUT2D eigenvalue weighted by Crippen LogP contribution is 2.21. The van der Waals surface area contributed by atoms with E-state index in [1.165, 1.54) is 0 Å². The van der Waals surface area contributed by atoms with Crippen molar-refractivity contribution in [1.29, 1.82) is 0 Å². The van der Waals surface area contributed by atoms with E-state index in [0.29, 0.717) is 19.0 Å². The van der Waals surface area contributed by atoms with E-state index in [2.05, 4.69) is 37.7 Å². The Balaban J connectivity index is 0. The van der Waals surface area contributed by atoms with Crippen LogP contribution in [-0.2, 0) is 4.74 Å². The smallest absolute Gasteiger partial charge is 0.188 e. The van der Waals surface area contributed by atoms with Crippen LogP contribution in [0, 0.1) is 5.41 Å². The van der Waals surface area contributed by atoms with Gasteiger partial charge in [-0.1, -0.05) is 32.9 Å². The number of hydrogen-bond acceptors (Lipinski definition) is 2. The first kappa shape index (κ1) is 19.0. The van der Waals surface area contributed by atoms with E-state index in [-0.39, 0.29) is 35.5 Å². The highest BCUT2D eigenvalue weighted by molar-refractivity contribution is 14.0. The molecule has 0 amide bonds. The van der Waals surface area contributed by atoms with Crippen molar-refractivity contribution in [1.82, 2.24) is 5.32 Å². The average molecular weight is 355 g/mol. The number of nitrogens with zero attached hydrogens (tertiary/aromatic N) is 1. The molecule has 3 N–H and O–H groups in total. The van der Waals surface area contributed by atoms with Crippen LogP contribution in [0.4, 0.5) is 0 Å². The van der Waals surface area contributed by atoms with Crippen molar-refractivity contribution in [3.05, 3.63) is 12.2 Å². The first-order valence-corrected chi connectivity index (χ1v) is 5.48. The molecule has 0 bridgehead atoms. The molecule has 0 aliphatic carbocycles. The molecule has 0 aromatic heterocycles. The molecule has 0 saturated carbocycles. The summed E-state index contributed by atoms with van der Waals surface area (Å²) < 4.78 is 5.38. The summed E-state index contributed by atoms with van der Waals surface area (Å²) in [4.78, 5) is 4.25. The summed E-state index contributed by atoms with van der Waals surface area (Å²) in [6.45, 7) is 13.3. The third kappa shape index (κ3) is 9.41. The minimum Gasteiger partial charge on any atom is -0.379 e. The summed E-state index contributed by atoms with van der Waals surface area (Å²) in [5, 5.41) is 2.99. The number of guanidine groups is 1. The van der Waals surface area contributed by atoms with Gasteiger partial charge >= 0.3 is 0 Å². The van der Waals surface area contributed by atoms with Gasteiger partial charge in [0, 0.05) is 13.7 Å². The van der Waals surface area contributed by atoms with Crippen LogP contribution < -0.4 is 11.1 Å². The summed E-state index contributed by atoms with van der Waals surface area (Å²) in [5.74, 6) is 0.439. The van der Waals surface area contributed by atoms with Gasteiger partial charge in [-0.2, -0.15) is 0 Å². The van der Waals surface area contributed by atoms with Gasteiger partial charge in [-0.05, 0) is 12.3 Å². The Bertz CT molecular complexity index is 259. The minimum absolute atomic E-state index is 0. The monoisotopic (exact) mass is 355 g/mol. The van der Waals surface area contributed by atoms with Crippen molar-refractivity contribution < 1.29 is 4.74 Å². The lowest BCUT2D eigenvalue weighted by molar-refractivity contribution is 0.0241. The molecule has 17 heavy (non-hydrogen) atoms. The van der Waals surface area contributed by atoms with Crippen molar-refractivity contribution in [3.63, 3.8) is 0 Å². The predicted molar refractivity (Wildman–Crippen MR) is 85.0 cm³/mol. The molecule has 0 aromatic rings. The van der Waals surface area contributed by atoms with Crippen molar-refractivity contribution in [3.8, 4) is 0 Å². The summed E-state index contributed by atoms with van der Waals surface area (Å²) in [6.07, 6.45) is 0.0673. The Hall–Kier alpha value is -0.300. The van der Waals surface area contributed by atoms with Crippen molar-refractivity contribution in [2.75, 3.05) is 20.2 Å². The van der Waals surface area contributed by atoms with Crippen LogP contribution in [0.3, 0.4) is 0 Å². The Morgan fingerprint density at radius 1 is 1.47 bits per heavy atom. The molecule has 0 fully saturated rings. The zero-order chi connectivity index (χ0) is 12.8. The van der Waals surface area contributed by atoms with Gasteiger partial charge in [-0.25, -0.2) is 0 Å². The van der Waals surface area contributed by atoms with Crippen LogP contribution in [0.15, 0.2) is 17.1 Å². The number of nitrogens with two attached hydrogens (primary N) is 1. The number of hydrogen-bond donors (Lipinski definition) is 2. The average Bonchev–Trinajstić information content (AvgIpc) is 2.13. The van der Waals surface area contributed by atoms with E-state index in [4.69, 9.17) is 10.5 Å². The fourth-order valence-corrected chi connectivity index (χ4v) is 1.18. The summed E-state index contributed by atoms with van der Waals surface area (Å²) in [5.41, 5.74) is 6.80. The predicted octanol–water partition coefficient (Wildman–Crippen LogP) is 2.15. The molecule has 0 spiro atoms. The third-order valence-corrected chi connectivity index (χ3v) is 2.25. The van der Waals surface area contributed by atoms with Crippen LogP contribution in [0.5, 0.6) is 0 Å². The molecule has 0 aromatic carbocycles. The Kier molecular flexibility index (Phi) is 9.80. The quantitative estimate of drug-likeness (QED) is 0.344. The standard InChI is InChI=1S/C12H25N3O.HI/c1-9(2)7-14-11(13)15-8-10(16-6)12(3,4)5;/h10H,1,7-8H2,2-6H3,(H3,13,14,15);1H. The zero-order valence-electron chi connectivity index (χ0n) is 11.5. The van der Waals surface area contributed by atoms with E-state index in [1.54, 1.807) is 7.11 Å². The van der Waals surface area contributed by atoms with Gasteiger partial charge in [-0.15, -0.1) is 24.0 Å². The van der Waals surface area contributed by atoms with Gasteiger partial charge < -0.3 is 15.8 Å². The molecule has 0 radical (unpaired) electrons. The van der Waals surface area contributed by atoms with E-state index in [9.17, 15) is 0 Å². The fourth-order valence-electron chi connectivity index (χ4n) is 1.18. The molecule has 0 heterocycles. The van der Waals surface area contributed by atoms with Gasteiger partial charge in [0.2, 0.25) is 0 Å². The van der Waals surface area contributed by atoms with Crippen molar-refractivity contribution >= 4 is 29.9 Å². The molecule has 0 aliphatic rings. The second-order valence-corrected chi connectivity index (χ2v) is 5.13. The first-order valence-electron chi connectivity index (χ1n) is 5.48. The lowest BCUT2D eigenvalue weighted by Gasteiger charge is -2.27. The van der Waals surface area contributed by atoms with Gasteiger partial charge in [0.25, 0.3) is 0 Å². The van der Waals surface area contributed by atoms with Gasteiger partial charge in [-0.3, -0.25) is 4.99 Å². The zero-order valence-corrected chi connectivity index (χ0v) is 13.9. The van der Waals surface area contributed by atoms with Crippen molar-refractivity contribution in [2.24, 2.45) is 16.1 Å². The number of aliphatic imine (C=N–C) groups is 1. The van der Waals surface area contributed by atoms with E-state index >= 15 is 0 Å². The summed E-state index contributed by atoms with van der Waals surface area (Å²) >= 11 is 0. The van der Waals surface area contributed by atoms with E-state index in [1.807, 2.05) is 6.92 Å². The Morgan fingerprint density at radius 3 is 2.35 bits per heavy atom. The molecule has 5 heteroatoms. The van der Waals surface area contributed by atoms with E-state index < -0.39 is 0 Å². The van der Waals surface area contributed by atoms with Gasteiger partial charge in [0.05, 0.1) is 12.6 Å². The van der Waals surface area contributed by atoms with Crippen LogP contribution in [0.25, 0.3) is 0 Å². The molecule has 1 atom stereocenters. The highest BCUT2D eigenvalue weighted by atomic mass is 127. The normalized spacial score (nSPS) is 13.8. The number of nitrogens with one attached hydrogen (secondary N) is 1. The fraction of sp³-hybridized carbons (Fsp3) is 0.750. The van der Waals surface area contributed by atoms with Gasteiger partial charge in [0.1, 0.15) is 0 Å².